The van der Waals surface area contributed by atoms with Crippen LogP contribution in [-0.2, 0) is 12.7 Å². The lowest BCUT2D eigenvalue weighted by Gasteiger charge is -2.14. The fourth-order valence-corrected chi connectivity index (χ4v) is 2.15. The fraction of sp³-hybridized carbons (Fsp3) is 0.571. The van der Waals surface area contributed by atoms with Gasteiger partial charge in [0.25, 0.3) is 0 Å². The Labute approximate surface area is 117 Å². The van der Waals surface area contributed by atoms with E-state index in [1.165, 1.54) is 12.1 Å². The molecule has 0 heterocycles. The summed E-state index contributed by atoms with van der Waals surface area (Å²) in [5, 5.41) is 3.26. The first-order valence-electron chi connectivity index (χ1n) is 6.40. The maximum Gasteiger partial charge on any atom is 0.416 e. The highest BCUT2D eigenvalue weighted by molar-refractivity contribution is 6.17. The Balaban J connectivity index is 2.42. The number of hydrogen-bond acceptors (Lipinski definition) is 1. The number of halogens is 4. The lowest BCUT2D eigenvalue weighted by molar-refractivity contribution is -0.137. The minimum Gasteiger partial charge on any atom is -0.312 e. The zero-order valence-electron chi connectivity index (χ0n) is 10.9. The van der Waals surface area contributed by atoms with Crippen molar-refractivity contribution in [2.45, 2.75) is 32.5 Å². The van der Waals surface area contributed by atoms with Crippen LogP contribution in [0.3, 0.4) is 0 Å². The monoisotopic (exact) mass is 293 g/mol. The summed E-state index contributed by atoms with van der Waals surface area (Å²) in [4.78, 5) is 0. The van der Waals surface area contributed by atoms with Gasteiger partial charge in [-0.2, -0.15) is 13.2 Å². The first-order valence-corrected chi connectivity index (χ1v) is 6.93. The third kappa shape index (κ3) is 5.83. The molecule has 0 amide bonds. The van der Waals surface area contributed by atoms with Crippen LogP contribution in [0.1, 0.15) is 30.9 Å². The van der Waals surface area contributed by atoms with Crippen molar-refractivity contribution in [2.75, 3.05) is 12.4 Å². The molecule has 0 saturated heterocycles. The molecule has 0 saturated carbocycles. The zero-order valence-corrected chi connectivity index (χ0v) is 11.7. The van der Waals surface area contributed by atoms with Gasteiger partial charge in [0.05, 0.1) is 5.56 Å². The van der Waals surface area contributed by atoms with Gasteiger partial charge in [-0.1, -0.05) is 25.5 Å². The molecule has 1 atom stereocenters. The molecule has 19 heavy (non-hydrogen) atoms. The van der Waals surface area contributed by atoms with Gasteiger partial charge in [-0.3, -0.25) is 0 Å². The van der Waals surface area contributed by atoms with Crippen LogP contribution >= 0.6 is 11.6 Å². The highest BCUT2D eigenvalue weighted by Crippen LogP contribution is 2.29. The minimum atomic E-state index is -4.26. The van der Waals surface area contributed by atoms with E-state index in [9.17, 15) is 13.2 Å². The Morgan fingerprint density at radius 1 is 1.21 bits per heavy atom. The topological polar surface area (TPSA) is 12.0 Å². The molecule has 0 aliphatic carbocycles. The maximum atomic E-state index is 12.4. The van der Waals surface area contributed by atoms with E-state index < -0.39 is 11.7 Å². The third-order valence-electron chi connectivity index (χ3n) is 3.14. The SMILES string of the molecule is CCC(CCCl)CNCc1ccc(C(F)(F)F)cc1. The molecule has 1 aromatic carbocycles. The molecule has 1 nitrogen and oxygen atoms in total. The van der Waals surface area contributed by atoms with Gasteiger partial charge >= 0.3 is 6.18 Å². The van der Waals surface area contributed by atoms with Crippen LogP contribution in [0.2, 0.25) is 0 Å². The summed E-state index contributed by atoms with van der Waals surface area (Å²) in [5.41, 5.74) is 0.249. The smallest absolute Gasteiger partial charge is 0.312 e. The molecule has 1 N–H and O–H groups in total. The van der Waals surface area contributed by atoms with Crippen molar-refractivity contribution < 1.29 is 13.2 Å². The van der Waals surface area contributed by atoms with E-state index in [1.807, 2.05) is 0 Å². The summed E-state index contributed by atoms with van der Waals surface area (Å²) >= 11 is 5.70. The van der Waals surface area contributed by atoms with Gasteiger partial charge in [0, 0.05) is 12.4 Å². The molecule has 0 spiro atoms. The molecule has 0 aliphatic heterocycles. The van der Waals surface area contributed by atoms with Gasteiger partial charge in [-0.15, -0.1) is 11.6 Å². The number of rotatable bonds is 7. The number of benzene rings is 1. The van der Waals surface area contributed by atoms with E-state index in [4.69, 9.17) is 11.6 Å². The van der Waals surface area contributed by atoms with Crippen molar-refractivity contribution in [2.24, 2.45) is 5.92 Å². The molecular weight excluding hydrogens is 275 g/mol. The predicted octanol–water partition coefficient (Wildman–Crippen LogP) is 4.45. The van der Waals surface area contributed by atoms with Crippen LogP contribution in [-0.4, -0.2) is 12.4 Å². The summed E-state index contributed by atoms with van der Waals surface area (Å²) in [7, 11) is 0. The zero-order chi connectivity index (χ0) is 14.3. The summed E-state index contributed by atoms with van der Waals surface area (Å²) in [6.07, 6.45) is -2.26. The van der Waals surface area contributed by atoms with Gasteiger partial charge in [0.2, 0.25) is 0 Å². The second-order valence-electron chi connectivity index (χ2n) is 4.58. The second kappa shape index (κ2) is 7.75. The first kappa shape index (κ1) is 16.3. The van der Waals surface area contributed by atoms with E-state index in [2.05, 4.69) is 12.2 Å². The highest BCUT2D eigenvalue weighted by Gasteiger charge is 2.29. The van der Waals surface area contributed by atoms with E-state index in [1.54, 1.807) is 0 Å². The fourth-order valence-electron chi connectivity index (χ4n) is 1.84. The van der Waals surface area contributed by atoms with Gasteiger partial charge in [-0.25, -0.2) is 0 Å². The maximum absolute atomic E-state index is 12.4. The quantitative estimate of drug-likeness (QED) is 0.732. The Hall–Kier alpha value is -0.740. The molecule has 5 heteroatoms. The van der Waals surface area contributed by atoms with Crippen molar-refractivity contribution >= 4 is 11.6 Å². The molecule has 108 valence electrons. The minimum absolute atomic E-state index is 0.520. The lowest BCUT2D eigenvalue weighted by atomic mass is 10.0. The van der Waals surface area contributed by atoms with Crippen LogP contribution in [0.5, 0.6) is 0 Å². The van der Waals surface area contributed by atoms with Crippen molar-refractivity contribution in [1.82, 2.24) is 5.32 Å². The van der Waals surface area contributed by atoms with Crippen molar-refractivity contribution in [1.29, 1.82) is 0 Å². The van der Waals surface area contributed by atoms with E-state index in [0.29, 0.717) is 18.3 Å². The van der Waals surface area contributed by atoms with Crippen molar-refractivity contribution in [3.05, 3.63) is 35.4 Å². The molecule has 0 fully saturated rings. The number of hydrogen-bond donors (Lipinski definition) is 1. The Kier molecular flexibility index (Phi) is 6.66. The average molecular weight is 294 g/mol. The van der Waals surface area contributed by atoms with E-state index >= 15 is 0 Å². The highest BCUT2D eigenvalue weighted by atomic mass is 35.5. The van der Waals surface area contributed by atoms with Gasteiger partial charge in [0.15, 0.2) is 0 Å². The summed E-state index contributed by atoms with van der Waals surface area (Å²) in [6.45, 7) is 3.53. The van der Waals surface area contributed by atoms with Crippen molar-refractivity contribution in [3.63, 3.8) is 0 Å². The van der Waals surface area contributed by atoms with Crippen LogP contribution in [0.25, 0.3) is 0 Å². The van der Waals surface area contributed by atoms with Crippen LogP contribution in [0.15, 0.2) is 24.3 Å². The van der Waals surface area contributed by atoms with Crippen LogP contribution < -0.4 is 5.32 Å². The molecular formula is C14H19ClF3N. The molecule has 0 aromatic heterocycles. The van der Waals surface area contributed by atoms with E-state index in [-0.39, 0.29) is 0 Å². The molecule has 1 unspecified atom stereocenters. The second-order valence-corrected chi connectivity index (χ2v) is 4.96. The molecule has 1 rings (SSSR count). The van der Waals surface area contributed by atoms with Crippen LogP contribution in [0.4, 0.5) is 13.2 Å². The third-order valence-corrected chi connectivity index (χ3v) is 3.36. The summed E-state index contributed by atoms with van der Waals surface area (Å²) in [6, 6.07) is 5.26. The largest absolute Gasteiger partial charge is 0.416 e. The Morgan fingerprint density at radius 2 is 1.84 bits per heavy atom. The molecule has 0 radical (unpaired) electrons. The van der Waals surface area contributed by atoms with E-state index in [0.717, 1.165) is 37.1 Å². The average Bonchev–Trinajstić information content (AvgIpc) is 2.37. The predicted molar refractivity (Wildman–Crippen MR) is 72.3 cm³/mol. The Morgan fingerprint density at radius 3 is 2.32 bits per heavy atom. The molecule has 1 aromatic rings. The van der Waals surface area contributed by atoms with Gasteiger partial charge in [-0.05, 0) is 36.6 Å². The molecule has 0 bridgehead atoms. The molecule has 0 aliphatic rings. The van der Waals surface area contributed by atoms with Gasteiger partial charge < -0.3 is 5.32 Å². The number of nitrogens with one attached hydrogen (secondary N) is 1. The van der Waals surface area contributed by atoms with Crippen LogP contribution in [0, 0.1) is 5.92 Å². The van der Waals surface area contributed by atoms with Crippen molar-refractivity contribution in [3.8, 4) is 0 Å². The normalized spacial score (nSPS) is 13.5. The Bertz CT molecular complexity index is 362. The summed E-state index contributed by atoms with van der Waals surface area (Å²) < 4.78 is 37.1. The lowest BCUT2D eigenvalue weighted by Crippen LogP contribution is -2.22. The number of alkyl halides is 4. The standard InChI is InChI=1S/C14H19ClF3N/c1-2-11(7-8-15)9-19-10-12-3-5-13(6-4-12)14(16,17)18/h3-6,11,19H,2,7-10H2,1H3. The summed E-state index contributed by atoms with van der Waals surface area (Å²) in [5.74, 6) is 1.16. The van der Waals surface area contributed by atoms with Gasteiger partial charge in [0.1, 0.15) is 0 Å². The first-order chi connectivity index (χ1) is 8.97.